The molecule has 1 fully saturated rings. The molecule has 2 rings (SSSR count). The lowest BCUT2D eigenvalue weighted by Gasteiger charge is -2.18. The van der Waals surface area contributed by atoms with E-state index >= 15 is 0 Å². The lowest BCUT2D eigenvalue weighted by molar-refractivity contribution is -0.122. The average molecular weight is 267 g/mol. The normalized spacial score (nSPS) is 23.9. The van der Waals surface area contributed by atoms with E-state index < -0.39 is 0 Å². The van der Waals surface area contributed by atoms with E-state index in [-0.39, 0.29) is 23.7 Å². The Morgan fingerprint density at radius 1 is 1.17 bits per heavy atom. The second kappa shape index (κ2) is 4.28. The second-order valence-corrected chi connectivity index (χ2v) is 5.16. The second-order valence-electron chi connectivity index (χ2n) is 4.75. The molecule has 2 amide bonds. The number of nitrogen functional groups attached to an aromatic ring is 1. The molecule has 1 saturated heterocycles. The first kappa shape index (κ1) is 12.9. The number of nitrogens with two attached hydrogens (primary N) is 1. The van der Waals surface area contributed by atoms with E-state index in [9.17, 15) is 9.59 Å². The Kier molecular flexibility index (Phi) is 3.07. The Bertz CT molecular complexity index is 522. The van der Waals surface area contributed by atoms with Gasteiger partial charge in [-0.05, 0) is 24.6 Å². The third-order valence-corrected chi connectivity index (χ3v) is 3.85. The standard InChI is InChI=1S/C13H15ClN2O2/c1-6-4-10(15)9(14)5-11(6)16-12(17)7(2)8(3)13(16)18/h4-5,7-8H,15H2,1-3H3. The first-order valence-electron chi connectivity index (χ1n) is 5.78. The predicted octanol–water partition coefficient (Wildman–Crippen LogP) is 2.38. The lowest BCUT2D eigenvalue weighted by Crippen LogP contribution is -2.31. The quantitative estimate of drug-likeness (QED) is 0.627. The van der Waals surface area contributed by atoms with Gasteiger partial charge in [-0.2, -0.15) is 0 Å². The fourth-order valence-electron chi connectivity index (χ4n) is 2.12. The molecule has 4 nitrogen and oxygen atoms in total. The molecule has 0 bridgehead atoms. The molecular formula is C13H15ClN2O2. The highest BCUT2D eigenvalue weighted by Crippen LogP contribution is 2.35. The number of amides is 2. The Hall–Kier alpha value is -1.55. The van der Waals surface area contributed by atoms with Crippen molar-refractivity contribution in [3.63, 3.8) is 0 Å². The number of benzene rings is 1. The molecule has 18 heavy (non-hydrogen) atoms. The smallest absolute Gasteiger partial charge is 0.237 e. The van der Waals surface area contributed by atoms with Crippen molar-refractivity contribution in [2.24, 2.45) is 11.8 Å². The maximum Gasteiger partial charge on any atom is 0.237 e. The summed E-state index contributed by atoms with van der Waals surface area (Å²) in [5.74, 6) is -0.964. The van der Waals surface area contributed by atoms with Crippen molar-refractivity contribution in [2.75, 3.05) is 10.6 Å². The molecule has 1 aromatic rings. The number of hydrogen-bond donors (Lipinski definition) is 1. The molecule has 2 unspecified atom stereocenters. The van der Waals surface area contributed by atoms with Crippen molar-refractivity contribution in [2.45, 2.75) is 20.8 Å². The number of imide groups is 1. The third kappa shape index (κ3) is 1.77. The summed E-state index contributed by atoms with van der Waals surface area (Å²) in [6.07, 6.45) is 0. The highest BCUT2D eigenvalue weighted by molar-refractivity contribution is 6.34. The van der Waals surface area contributed by atoms with Gasteiger partial charge in [0.2, 0.25) is 11.8 Å². The van der Waals surface area contributed by atoms with Gasteiger partial charge >= 0.3 is 0 Å². The number of rotatable bonds is 1. The van der Waals surface area contributed by atoms with E-state index in [4.69, 9.17) is 17.3 Å². The molecule has 5 heteroatoms. The number of hydrogen-bond acceptors (Lipinski definition) is 3. The van der Waals surface area contributed by atoms with Gasteiger partial charge in [0.1, 0.15) is 0 Å². The summed E-state index contributed by atoms with van der Waals surface area (Å²) in [4.78, 5) is 25.4. The van der Waals surface area contributed by atoms with Gasteiger partial charge < -0.3 is 5.73 Å². The molecule has 2 atom stereocenters. The SMILES string of the molecule is Cc1cc(N)c(Cl)cc1N1C(=O)C(C)C(C)C1=O. The van der Waals surface area contributed by atoms with Crippen molar-refractivity contribution in [3.05, 3.63) is 22.7 Å². The zero-order chi connectivity index (χ0) is 13.6. The van der Waals surface area contributed by atoms with Crippen LogP contribution in [0.25, 0.3) is 0 Å². The summed E-state index contributed by atoms with van der Waals surface area (Å²) in [7, 11) is 0. The van der Waals surface area contributed by atoms with Crippen LogP contribution < -0.4 is 10.6 Å². The van der Waals surface area contributed by atoms with Crippen LogP contribution in [0.3, 0.4) is 0 Å². The lowest BCUT2D eigenvalue weighted by atomic mass is 10.00. The first-order valence-corrected chi connectivity index (χ1v) is 6.15. The molecule has 2 N–H and O–H groups in total. The van der Waals surface area contributed by atoms with Gasteiger partial charge in [0, 0.05) is 11.8 Å². The molecule has 0 saturated carbocycles. The molecule has 0 aromatic heterocycles. The van der Waals surface area contributed by atoms with E-state index in [0.29, 0.717) is 16.4 Å². The molecular weight excluding hydrogens is 252 g/mol. The summed E-state index contributed by atoms with van der Waals surface area (Å²) in [6, 6.07) is 3.25. The maximum absolute atomic E-state index is 12.1. The monoisotopic (exact) mass is 266 g/mol. The van der Waals surface area contributed by atoms with Gasteiger partial charge in [-0.3, -0.25) is 9.59 Å². The van der Waals surface area contributed by atoms with Crippen LogP contribution in [0.5, 0.6) is 0 Å². The zero-order valence-corrected chi connectivity index (χ0v) is 11.3. The zero-order valence-electron chi connectivity index (χ0n) is 10.5. The van der Waals surface area contributed by atoms with E-state index in [2.05, 4.69) is 0 Å². The minimum absolute atomic E-state index is 0.184. The third-order valence-electron chi connectivity index (χ3n) is 3.53. The summed E-state index contributed by atoms with van der Waals surface area (Å²) >= 11 is 5.96. The summed E-state index contributed by atoms with van der Waals surface area (Å²) < 4.78 is 0. The average Bonchev–Trinajstić information content (AvgIpc) is 2.50. The topological polar surface area (TPSA) is 63.4 Å². The van der Waals surface area contributed by atoms with Crippen molar-refractivity contribution in [3.8, 4) is 0 Å². The molecule has 1 heterocycles. The largest absolute Gasteiger partial charge is 0.398 e. The predicted molar refractivity (Wildman–Crippen MR) is 71.4 cm³/mol. The molecule has 96 valence electrons. The van der Waals surface area contributed by atoms with Crippen LogP contribution in [0.4, 0.5) is 11.4 Å². The van der Waals surface area contributed by atoms with Crippen LogP contribution in [0.1, 0.15) is 19.4 Å². The molecule has 1 aliphatic rings. The minimum atomic E-state index is -0.298. The van der Waals surface area contributed by atoms with E-state index in [0.717, 1.165) is 5.56 Å². The number of halogens is 1. The van der Waals surface area contributed by atoms with Gasteiger partial charge in [0.25, 0.3) is 0 Å². The number of nitrogens with zero attached hydrogens (tertiary/aromatic N) is 1. The Morgan fingerprint density at radius 2 is 1.67 bits per heavy atom. The van der Waals surface area contributed by atoms with E-state index in [1.807, 2.05) is 0 Å². The summed E-state index contributed by atoms with van der Waals surface area (Å²) in [5.41, 5.74) is 7.43. The van der Waals surface area contributed by atoms with Gasteiger partial charge in [0.15, 0.2) is 0 Å². The van der Waals surface area contributed by atoms with Gasteiger partial charge in [-0.1, -0.05) is 25.4 Å². The Labute approximate surface area is 111 Å². The maximum atomic E-state index is 12.1. The fourth-order valence-corrected chi connectivity index (χ4v) is 2.27. The van der Waals surface area contributed by atoms with Gasteiger partial charge in [-0.25, -0.2) is 4.90 Å². The van der Waals surface area contributed by atoms with Crippen LogP contribution in [-0.2, 0) is 9.59 Å². The van der Waals surface area contributed by atoms with Gasteiger partial charge in [-0.15, -0.1) is 0 Å². The number of anilines is 2. The van der Waals surface area contributed by atoms with Crippen LogP contribution in [0.15, 0.2) is 12.1 Å². The van der Waals surface area contributed by atoms with Crippen LogP contribution in [0, 0.1) is 18.8 Å². The number of carbonyl (C=O) groups excluding carboxylic acids is 2. The Morgan fingerprint density at radius 3 is 2.17 bits per heavy atom. The highest BCUT2D eigenvalue weighted by atomic mass is 35.5. The van der Waals surface area contributed by atoms with Crippen molar-refractivity contribution in [1.82, 2.24) is 0 Å². The molecule has 1 aliphatic heterocycles. The van der Waals surface area contributed by atoms with Crippen LogP contribution in [0.2, 0.25) is 5.02 Å². The first-order chi connectivity index (χ1) is 8.34. The molecule has 0 radical (unpaired) electrons. The molecule has 1 aromatic carbocycles. The number of aryl methyl sites for hydroxylation is 1. The summed E-state index contributed by atoms with van der Waals surface area (Å²) in [5, 5.41) is 0.350. The minimum Gasteiger partial charge on any atom is -0.398 e. The van der Waals surface area contributed by atoms with Crippen LogP contribution >= 0.6 is 11.6 Å². The van der Waals surface area contributed by atoms with E-state index in [1.165, 1.54) is 4.90 Å². The number of carbonyl (C=O) groups is 2. The van der Waals surface area contributed by atoms with Crippen molar-refractivity contribution in [1.29, 1.82) is 0 Å². The van der Waals surface area contributed by atoms with Crippen molar-refractivity contribution < 1.29 is 9.59 Å². The molecule has 0 aliphatic carbocycles. The van der Waals surface area contributed by atoms with Crippen molar-refractivity contribution >= 4 is 34.8 Å². The van der Waals surface area contributed by atoms with Gasteiger partial charge in [0.05, 0.1) is 16.4 Å². The highest BCUT2D eigenvalue weighted by Gasteiger charge is 2.43. The summed E-state index contributed by atoms with van der Waals surface area (Å²) in [6.45, 7) is 5.33. The van der Waals surface area contributed by atoms with Crippen LogP contribution in [-0.4, -0.2) is 11.8 Å². The fraction of sp³-hybridized carbons (Fsp3) is 0.385. The Balaban J connectivity index is 2.53. The van der Waals surface area contributed by atoms with E-state index in [1.54, 1.807) is 32.9 Å². The molecule has 0 spiro atoms.